The summed E-state index contributed by atoms with van der Waals surface area (Å²) in [6.45, 7) is 3.95. The average molecular weight is 493 g/mol. The molecule has 0 fully saturated rings. The van der Waals surface area contributed by atoms with Crippen molar-refractivity contribution in [1.29, 1.82) is 0 Å². The number of para-hydroxylation sites is 1. The Morgan fingerprint density at radius 3 is 2.25 bits per heavy atom. The zero-order chi connectivity index (χ0) is 25.2. The van der Waals surface area contributed by atoms with Crippen LogP contribution in [-0.2, 0) is 4.74 Å². The first-order chi connectivity index (χ1) is 17.5. The third-order valence-corrected chi connectivity index (χ3v) is 7.08. The van der Waals surface area contributed by atoms with E-state index in [2.05, 4.69) is 5.32 Å². The standard InChI is InChI=1S/C30H24N2O3S/c1-18-13-15-21(16-14-18)27-19(2)25(22-11-7-8-12-24(22)31-27)28(33)32-29-26(30(34)35-3)23(17-36-29)20-9-5-4-6-10-20/h4-17H,1-3H3,(H,32,33). The van der Waals surface area contributed by atoms with E-state index in [4.69, 9.17) is 9.72 Å². The zero-order valence-electron chi connectivity index (χ0n) is 20.2. The van der Waals surface area contributed by atoms with Crippen molar-refractivity contribution in [3.05, 3.63) is 106 Å². The van der Waals surface area contributed by atoms with Crippen LogP contribution in [-0.4, -0.2) is 24.0 Å². The number of anilines is 1. The van der Waals surface area contributed by atoms with E-state index >= 15 is 0 Å². The van der Waals surface area contributed by atoms with E-state index in [9.17, 15) is 9.59 Å². The number of methoxy groups -OCH3 is 1. The predicted molar refractivity (Wildman–Crippen MR) is 146 cm³/mol. The second-order valence-electron chi connectivity index (χ2n) is 8.51. The van der Waals surface area contributed by atoms with Gasteiger partial charge in [-0.1, -0.05) is 78.4 Å². The fourth-order valence-corrected chi connectivity index (χ4v) is 5.30. The highest BCUT2D eigenvalue weighted by Gasteiger charge is 2.25. The SMILES string of the molecule is COC(=O)c1c(-c2ccccc2)csc1NC(=O)c1c(C)c(-c2ccc(C)cc2)nc2ccccc12. The number of rotatable bonds is 5. The minimum atomic E-state index is -0.498. The van der Waals surface area contributed by atoms with Gasteiger partial charge in [0.25, 0.3) is 5.91 Å². The van der Waals surface area contributed by atoms with E-state index in [1.54, 1.807) is 0 Å². The predicted octanol–water partition coefficient (Wildman–Crippen LogP) is 7.29. The lowest BCUT2D eigenvalue weighted by Gasteiger charge is -2.15. The number of nitrogens with one attached hydrogen (secondary N) is 1. The van der Waals surface area contributed by atoms with Gasteiger partial charge in [0, 0.05) is 21.9 Å². The van der Waals surface area contributed by atoms with Gasteiger partial charge in [0.1, 0.15) is 10.6 Å². The van der Waals surface area contributed by atoms with Crippen molar-refractivity contribution in [3.63, 3.8) is 0 Å². The number of nitrogens with zero attached hydrogens (tertiary/aromatic N) is 1. The third-order valence-electron chi connectivity index (χ3n) is 6.18. The molecule has 3 aromatic carbocycles. The normalized spacial score (nSPS) is 10.9. The zero-order valence-corrected chi connectivity index (χ0v) is 21.0. The molecule has 5 nitrogen and oxygen atoms in total. The second kappa shape index (κ2) is 9.76. The summed E-state index contributed by atoms with van der Waals surface area (Å²) in [7, 11) is 1.34. The number of hydrogen-bond acceptors (Lipinski definition) is 5. The Bertz CT molecular complexity index is 1590. The molecule has 5 aromatic rings. The molecular weight excluding hydrogens is 468 g/mol. The smallest absolute Gasteiger partial charge is 0.341 e. The topological polar surface area (TPSA) is 68.3 Å². The van der Waals surface area contributed by atoms with Gasteiger partial charge in [-0.3, -0.25) is 4.79 Å². The first-order valence-corrected chi connectivity index (χ1v) is 12.4. The molecule has 0 aliphatic rings. The number of hydrogen-bond donors (Lipinski definition) is 1. The van der Waals surface area contributed by atoms with Gasteiger partial charge in [0.2, 0.25) is 0 Å². The van der Waals surface area contributed by atoms with E-state index in [0.717, 1.165) is 44.4 Å². The van der Waals surface area contributed by atoms with Crippen molar-refractivity contribution in [3.8, 4) is 22.4 Å². The molecular formula is C30H24N2O3S. The Hall–Kier alpha value is -4.29. The lowest BCUT2D eigenvalue weighted by atomic mass is 9.96. The number of thiophene rings is 1. The number of fused-ring (bicyclic) bond motifs is 1. The third kappa shape index (κ3) is 4.27. The molecule has 1 amide bonds. The first kappa shape index (κ1) is 23.5. The molecule has 2 aromatic heterocycles. The summed E-state index contributed by atoms with van der Waals surface area (Å²) in [5.41, 5.74) is 6.82. The number of aromatic nitrogens is 1. The summed E-state index contributed by atoms with van der Waals surface area (Å²) >= 11 is 1.30. The maximum atomic E-state index is 13.8. The Morgan fingerprint density at radius 2 is 1.53 bits per heavy atom. The summed E-state index contributed by atoms with van der Waals surface area (Å²) in [4.78, 5) is 31.5. The van der Waals surface area contributed by atoms with Crippen LogP contribution in [0.25, 0.3) is 33.3 Å². The number of carbonyl (C=O) groups excluding carboxylic acids is 2. The average Bonchev–Trinajstić information content (AvgIpc) is 3.32. The molecule has 0 aliphatic carbocycles. The van der Waals surface area contributed by atoms with Crippen LogP contribution in [0, 0.1) is 13.8 Å². The second-order valence-corrected chi connectivity index (χ2v) is 9.39. The van der Waals surface area contributed by atoms with Gasteiger partial charge >= 0.3 is 5.97 Å². The van der Waals surface area contributed by atoms with Crippen molar-refractivity contribution >= 4 is 39.1 Å². The highest BCUT2D eigenvalue weighted by molar-refractivity contribution is 7.15. The number of benzene rings is 3. The molecule has 0 radical (unpaired) electrons. The minimum Gasteiger partial charge on any atom is -0.465 e. The highest BCUT2D eigenvalue weighted by Crippen LogP contribution is 2.37. The van der Waals surface area contributed by atoms with Gasteiger partial charge in [0.05, 0.1) is 23.9 Å². The van der Waals surface area contributed by atoms with Crippen LogP contribution in [0.1, 0.15) is 31.8 Å². The monoisotopic (exact) mass is 492 g/mol. The number of esters is 1. The van der Waals surface area contributed by atoms with E-state index in [1.807, 2.05) is 98.1 Å². The number of ether oxygens (including phenoxy) is 1. The molecule has 6 heteroatoms. The fourth-order valence-electron chi connectivity index (χ4n) is 4.34. The van der Waals surface area contributed by atoms with Gasteiger partial charge in [-0.2, -0.15) is 0 Å². The van der Waals surface area contributed by atoms with Crippen LogP contribution in [0.4, 0.5) is 5.00 Å². The van der Waals surface area contributed by atoms with Gasteiger partial charge < -0.3 is 10.1 Å². The number of pyridine rings is 1. The first-order valence-electron chi connectivity index (χ1n) is 11.5. The van der Waals surface area contributed by atoms with Crippen LogP contribution in [0.3, 0.4) is 0 Å². The Morgan fingerprint density at radius 1 is 0.833 bits per heavy atom. The molecule has 0 unspecified atom stereocenters. The van der Waals surface area contributed by atoms with Crippen LogP contribution in [0.15, 0.2) is 84.2 Å². The molecule has 36 heavy (non-hydrogen) atoms. The van der Waals surface area contributed by atoms with Gasteiger partial charge in [-0.05, 0) is 31.0 Å². The van der Waals surface area contributed by atoms with E-state index in [0.29, 0.717) is 16.1 Å². The maximum absolute atomic E-state index is 13.8. The summed E-state index contributed by atoms with van der Waals surface area (Å²) in [5, 5.41) is 6.07. The van der Waals surface area contributed by atoms with Crippen LogP contribution in [0.2, 0.25) is 0 Å². The van der Waals surface area contributed by atoms with Gasteiger partial charge in [0.15, 0.2) is 0 Å². The van der Waals surface area contributed by atoms with E-state index in [1.165, 1.54) is 18.4 Å². The molecule has 1 N–H and O–H groups in total. The molecule has 0 saturated heterocycles. The molecule has 0 saturated carbocycles. The van der Waals surface area contributed by atoms with Crippen molar-refractivity contribution < 1.29 is 14.3 Å². The maximum Gasteiger partial charge on any atom is 0.341 e. The highest BCUT2D eigenvalue weighted by atomic mass is 32.1. The lowest BCUT2D eigenvalue weighted by molar-refractivity contribution is 0.0603. The molecule has 0 bridgehead atoms. The summed E-state index contributed by atoms with van der Waals surface area (Å²) < 4.78 is 5.07. The summed E-state index contributed by atoms with van der Waals surface area (Å²) in [6, 6.07) is 25.3. The number of carbonyl (C=O) groups is 2. The minimum absolute atomic E-state index is 0.300. The summed E-state index contributed by atoms with van der Waals surface area (Å²) in [6.07, 6.45) is 0. The van der Waals surface area contributed by atoms with Crippen molar-refractivity contribution in [2.75, 3.05) is 12.4 Å². The van der Waals surface area contributed by atoms with Crippen molar-refractivity contribution in [1.82, 2.24) is 4.98 Å². The largest absolute Gasteiger partial charge is 0.465 e. The van der Waals surface area contributed by atoms with Crippen LogP contribution >= 0.6 is 11.3 Å². The molecule has 178 valence electrons. The Balaban J connectivity index is 1.62. The van der Waals surface area contributed by atoms with Gasteiger partial charge in [-0.15, -0.1) is 11.3 Å². The van der Waals surface area contributed by atoms with Crippen molar-refractivity contribution in [2.45, 2.75) is 13.8 Å². The number of aryl methyl sites for hydroxylation is 1. The molecule has 0 aliphatic heterocycles. The Kier molecular flexibility index (Phi) is 6.36. The fraction of sp³-hybridized carbons (Fsp3) is 0.100. The summed E-state index contributed by atoms with van der Waals surface area (Å²) in [5.74, 6) is -0.798. The quantitative estimate of drug-likeness (QED) is 0.262. The molecule has 2 heterocycles. The van der Waals surface area contributed by atoms with Crippen LogP contribution in [0.5, 0.6) is 0 Å². The number of amides is 1. The van der Waals surface area contributed by atoms with Crippen molar-refractivity contribution in [2.24, 2.45) is 0 Å². The van der Waals surface area contributed by atoms with Crippen LogP contribution < -0.4 is 5.32 Å². The van der Waals surface area contributed by atoms with Gasteiger partial charge in [-0.25, -0.2) is 9.78 Å². The molecule has 5 rings (SSSR count). The Labute approximate surface area is 213 Å². The van der Waals surface area contributed by atoms with E-state index < -0.39 is 5.97 Å². The molecule has 0 spiro atoms. The molecule has 0 atom stereocenters. The van der Waals surface area contributed by atoms with E-state index in [-0.39, 0.29) is 5.91 Å². The lowest BCUT2D eigenvalue weighted by Crippen LogP contribution is -2.17.